The van der Waals surface area contributed by atoms with E-state index in [0.717, 1.165) is 62.0 Å². The molecule has 0 aromatic heterocycles. The Kier molecular flexibility index (Phi) is 6.95. The number of nitrogens with zero attached hydrogens (tertiary/aromatic N) is 2. The van der Waals surface area contributed by atoms with Gasteiger partial charge in [-0.1, -0.05) is 29.3 Å². The first-order valence-corrected chi connectivity index (χ1v) is 11.6. The summed E-state index contributed by atoms with van der Waals surface area (Å²) in [6.45, 7) is 7.71. The minimum absolute atomic E-state index is 0.0151. The maximum atomic E-state index is 13.0. The highest BCUT2D eigenvalue weighted by molar-refractivity contribution is 6.31. The standard InChI is InChI=1S/C24H29Cl2N3O2/c1-16-4-6-20(11-22(16)26)27-8-3-9-28-12-17-14-29(15-18(17)13-28)24(30)21-10-19(25)5-7-23(21)31-2/h4-7,10-11,17-18,27H,3,8-9,12-15H2,1-2H3. The lowest BCUT2D eigenvalue weighted by Gasteiger charge is -2.22. The fourth-order valence-corrected chi connectivity index (χ4v) is 5.05. The van der Waals surface area contributed by atoms with Gasteiger partial charge in [0.05, 0.1) is 12.7 Å². The number of halogens is 2. The zero-order chi connectivity index (χ0) is 22.0. The van der Waals surface area contributed by atoms with Crippen molar-refractivity contribution >= 4 is 34.8 Å². The lowest BCUT2D eigenvalue weighted by atomic mass is 10.0. The van der Waals surface area contributed by atoms with Gasteiger partial charge in [-0.25, -0.2) is 0 Å². The Morgan fingerprint density at radius 3 is 2.52 bits per heavy atom. The van der Waals surface area contributed by atoms with Crippen LogP contribution in [0.5, 0.6) is 5.75 Å². The summed E-state index contributed by atoms with van der Waals surface area (Å²) in [7, 11) is 1.58. The quantitative estimate of drug-likeness (QED) is 0.600. The van der Waals surface area contributed by atoms with E-state index in [1.165, 1.54) is 0 Å². The molecule has 166 valence electrons. The molecule has 7 heteroatoms. The number of nitrogens with one attached hydrogen (secondary N) is 1. The Labute approximate surface area is 194 Å². The summed E-state index contributed by atoms with van der Waals surface area (Å²) < 4.78 is 5.36. The van der Waals surface area contributed by atoms with Crippen molar-refractivity contribution in [2.45, 2.75) is 13.3 Å². The Bertz CT molecular complexity index is 938. The van der Waals surface area contributed by atoms with Crippen molar-refractivity contribution < 1.29 is 9.53 Å². The zero-order valence-corrected chi connectivity index (χ0v) is 19.5. The first kappa shape index (κ1) is 22.3. The third-order valence-corrected chi connectivity index (χ3v) is 7.04. The van der Waals surface area contributed by atoms with Gasteiger partial charge in [0, 0.05) is 48.5 Å². The first-order chi connectivity index (χ1) is 14.9. The number of likely N-dealkylation sites (tertiary alicyclic amines) is 2. The van der Waals surface area contributed by atoms with Crippen molar-refractivity contribution in [3.63, 3.8) is 0 Å². The van der Waals surface area contributed by atoms with Crippen LogP contribution in [0.4, 0.5) is 5.69 Å². The van der Waals surface area contributed by atoms with E-state index in [1.54, 1.807) is 25.3 Å². The topological polar surface area (TPSA) is 44.8 Å². The molecule has 1 amide bonds. The van der Waals surface area contributed by atoms with Crippen LogP contribution in [-0.2, 0) is 0 Å². The van der Waals surface area contributed by atoms with Gasteiger partial charge in [-0.15, -0.1) is 0 Å². The molecule has 2 aromatic carbocycles. The average molecular weight is 462 g/mol. The van der Waals surface area contributed by atoms with Gasteiger partial charge in [0.15, 0.2) is 0 Å². The molecule has 4 rings (SSSR count). The molecule has 2 saturated heterocycles. The normalized spacial score (nSPS) is 20.7. The molecule has 2 aliphatic heterocycles. The van der Waals surface area contributed by atoms with Crippen LogP contribution in [-0.4, -0.2) is 62.1 Å². The second kappa shape index (κ2) is 9.68. The molecule has 1 N–H and O–H groups in total. The van der Waals surface area contributed by atoms with Crippen LogP contribution in [0, 0.1) is 18.8 Å². The summed E-state index contributed by atoms with van der Waals surface area (Å²) in [4.78, 5) is 17.5. The van der Waals surface area contributed by atoms with Crippen LogP contribution in [0.2, 0.25) is 10.0 Å². The van der Waals surface area contributed by atoms with Gasteiger partial charge >= 0.3 is 0 Å². The molecule has 0 spiro atoms. The van der Waals surface area contributed by atoms with E-state index in [0.29, 0.717) is 28.2 Å². The number of hydrogen-bond acceptors (Lipinski definition) is 4. The molecule has 0 bridgehead atoms. The molecule has 31 heavy (non-hydrogen) atoms. The fraction of sp³-hybridized carbons (Fsp3) is 0.458. The number of amides is 1. The van der Waals surface area contributed by atoms with Gasteiger partial charge in [-0.2, -0.15) is 0 Å². The van der Waals surface area contributed by atoms with E-state index in [2.05, 4.69) is 16.3 Å². The number of ether oxygens (including phenoxy) is 1. The van der Waals surface area contributed by atoms with E-state index in [4.69, 9.17) is 27.9 Å². The third-order valence-electron chi connectivity index (χ3n) is 6.39. The monoisotopic (exact) mass is 461 g/mol. The average Bonchev–Trinajstić information content (AvgIpc) is 3.32. The van der Waals surface area contributed by atoms with Crippen molar-refractivity contribution in [2.24, 2.45) is 11.8 Å². The molecule has 0 aliphatic carbocycles. The van der Waals surface area contributed by atoms with Gasteiger partial charge in [-0.3, -0.25) is 4.79 Å². The van der Waals surface area contributed by atoms with Gasteiger partial charge in [0.2, 0.25) is 0 Å². The van der Waals surface area contributed by atoms with Crippen molar-refractivity contribution in [1.82, 2.24) is 9.80 Å². The molecule has 2 atom stereocenters. The van der Waals surface area contributed by atoms with Gasteiger partial charge in [-0.05, 0) is 67.6 Å². The molecular formula is C24H29Cl2N3O2. The first-order valence-electron chi connectivity index (χ1n) is 10.8. The van der Waals surface area contributed by atoms with Crippen molar-refractivity contribution in [3.8, 4) is 5.75 Å². The number of carbonyl (C=O) groups excluding carboxylic acids is 1. The van der Waals surface area contributed by atoms with Crippen LogP contribution in [0.1, 0.15) is 22.3 Å². The summed E-state index contributed by atoms with van der Waals surface area (Å²) in [5.41, 5.74) is 2.71. The number of benzene rings is 2. The number of fused-ring (bicyclic) bond motifs is 1. The van der Waals surface area contributed by atoms with Crippen molar-refractivity contribution in [2.75, 3.05) is 51.7 Å². The van der Waals surface area contributed by atoms with E-state index >= 15 is 0 Å². The summed E-state index contributed by atoms with van der Waals surface area (Å²) in [6, 6.07) is 11.3. The second-order valence-electron chi connectivity index (χ2n) is 8.58. The van der Waals surface area contributed by atoms with Gasteiger partial charge in [0.25, 0.3) is 5.91 Å². The lowest BCUT2D eigenvalue weighted by molar-refractivity contribution is 0.0770. The predicted molar refractivity (Wildman–Crippen MR) is 127 cm³/mol. The molecule has 0 radical (unpaired) electrons. The number of hydrogen-bond donors (Lipinski definition) is 1. The number of carbonyl (C=O) groups is 1. The van der Waals surface area contributed by atoms with Crippen LogP contribution in [0.3, 0.4) is 0 Å². The van der Waals surface area contributed by atoms with Crippen LogP contribution >= 0.6 is 23.2 Å². The number of anilines is 1. The third kappa shape index (κ3) is 5.11. The second-order valence-corrected chi connectivity index (χ2v) is 9.42. The van der Waals surface area contributed by atoms with E-state index < -0.39 is 0 Å². The molecular weight excluding hydrogens is 433 g/mol. The Morgan fingerprint density at radius 2 is 1.84 bits per heavy atom. The molecule has 5 nitrogen and oxygen atoms in total. The van der Waals surface area contributed by atoms with Crippen molar-refractivity contribution in [3.05, 3.63) is 57.6 Å². The van der Waals surface area contributed by atoms with Crippen LogP contribution in [0.25, 0.3) is 0 Å². The minimum atomic E-state index is 0.0151. The number of methoxy groups -OCH3 is 1. The molecule has 0 saturated carbocycles. The summed E-state index contributed by atoms with van der Waals surface area (Å²) >= 11 is 12.3. The molecule has 2 aliphatic rings. The van der Waals surface area contributed by atoms with Crippen LogP contribution in [0.15, 0.2) is 36.4 Å². The Balaban J connectivity index is 1.23. The molecule has 2 fully saturated rings. The summed E-state index contributed by atoms with van der Waals surface area (Å²) in [5, 5.41) is 4.81. The number of aryl methyl sites for hydroxylation is 1. The highest BCUT2D eigenvalue weighted by Crippen LogP contribution is 2.33. The van der Waals surface area contributed by atoms with E-state index in [-0.39, 0.29) is 5.91 Å². The summed E-state index contributed by atoms with van der Waals surface area (Å²) in [5.74, 6) is 1.67. The lowest BCUT2D eigenvalue weighted by Crippen LogP contribution is -2.34. The van der Waals surface area contributed by atoms with Gasteiger partial charge < -0.3 is 19.9 Å². The predicted octanol–water partition coefficient (Wildman–Crippen LogP) is 4.82. The summed E-state index contributed by atoms with van der Waals surface area (Å²) in [6.07, 6.45) is 1.08. The Hall–Kier alpha value is -1.95. The largest absolute Gasteiger partial charge is 0.496 e. The van der Waals surface area contributed by atoms with E-state index in [1.807, 2.05) is 24.0 Å². The molecule has 2 aromatic rings. The number of rotatable bonds is 7. The highest BCUT2D eigenvalue weighted by atomic mass is 35.5. The minimum Gasteiger partial charge on any atom is -0.496 e. The SMILES string of the molecule is COc1ccc(Cl)cc1C(=O)N1CC2CN(CCCNc3ccc(C)c(Cl)c3)CC2C1. The zero-order valence-electron chi connectivity index (χ0n) is 18.0. The van der Waals surface area contributed by atoms with Gasteiger partial charge in [0.1, 0.15) is 5.75 Å². The van der Waals surface area contributed by atoms with Crippen LogP contribution < -0.4 is 10.1 Å². The van der Waals surface area contributed by atoms with Crippen molar-refractivity contribution in [1.29, 1.82) is 0 Å². The molecule has 2 unspecified atom stereocenters. The molecule has 2 heterocycles. The Morgan fingerprint density at radius 1 is 1.10 bits per heavy atom. The highest BCUT2D eigenvalue weighted by Gasteiger charge is 2.41. The van der Waals surface area contributed by atoms with E-state index in [9.17, 15) is 4.79 Å². The smallest absolute Gasteiger partial charge is 0.257 e. The fourth-order valence-electron chi connectivity index (χ4n) is 4.69. The maximum absolute atomic E-state index is 13.0. The maximum Gasteiger partial charge on any atom is 0.257 e.